The van der Waals surface area contributed by atoms with Crippen LogP contribution in [0.1, 0.15) is 56.5 Å². The van der Waals surface area contributed by atoms with E-state index in [4.69, 9.17) is 32.9 Å². The summed E-state index contributed by atoms with van der Waals surface area (Å²) in [5.74, 6) is -0.312. The van der Waals surface area contributed by atoms with Crippen molar-refractivity contribution in [3.63, 3.8) is 0 Å². The molecule has 4 heterocycles. The van der Waals surface area contributed by atoms with Gasteiger partial charge in [-0.3, -0.25) is 14.9 Å². The highest BCUT2D eigenvalue weighted by Gasteiger charge is 2.60. The Bertz CT molecular complexity index is 1060. The summed E-state index contributed by atoms with van der Waals surface area (Å²) < 4.78 is 20.2. The first-order valence-electron chi connectivity index (χ1n) is 11.0. The van der Waals surface area contributed by atoms with Gasteiger partial charge in [0.05, 0.1) is 23.7 Å². The van der Waals surface area contributed by atoms with E-state index in [0.717, 1.165) is 49.3 Å². The predicted octanol–water partition coefficient (Wildman–Crippen LogP) is 6.56. The first-order valence-corrected chi connectivity index (χ1v) is 11.8. The van der Waals surface area contributed by atoms with Gasteiger partial charge in [-0.15, -0.1) is 0 Å². The van der Waals surface area contributed by atoms with E-state index in [1.54, 1.807) is 12.1 Å². The molecule has 1 aromatic heterocycles. The Kier molecular flexibility index (Phi) is 5.65. The first kappa shape index (κ1) is 22.0. The van der Waals surface area contributed by atoms with Crippen molar-refractivity contribution < 1.29 is 9.13 Å². The van der Waals surface area contributed by atoms with Crippen LogP contribution in [0, 0.1) is 11.2 Å². The van der Waals surface area contributed by atoms with Crippen LogP contribution >= 0.6 is 23.2 Å². The number of pyridine rings is 1. The molecule has 0 aliphatic carbocycles. The molecule has 2 fully saturated rings. The molecule has 3 aliphatic rings. The fourth-order valence-corrected chi connectivity index (χ4v) is 6.10. The molecule has 0 bridgehead atoms. The Morgan fingerprint density at radius 2 is 1.88 bits per heavy atom. The van der Waals surface area contributed by atoms with Crippen molar-refractivity contribution in [1.82, 2.24) is 9.88 Å². The number of nitrogens with zero attached hydrogens (tertiary/aromatic N) is 3. The number of halogens is 3. The molecule has 4 nitrogen and oxygen atoms in total. The average molecular weight is 474 g/mol. The van der Waals surface area contributed by atoms with Gasteiger partial charge >= 0.3 is 0 Å². The van der Waals surface area contributed by atoms with Gasteiger partial charge in [0.15, 0.2) is 0 Å². The summed E-state index contributed by atoms with van der Waals surface area (Å²) in [6.07, 6.45) is 7.69. The Morgan fingerprint density at radius 3 is 2.53 bits per heavy atom. The predicted molar refractivity (Wildman–Crippen MR) is 126 cm³/mol. The van der Waals surface area contributed by atoms with E-state index in [1.807, 2.05) is 18.3 Å². The maximum Gasteiger partial charge on any atom is 0.141 e. The molecule has 3 aliphatic heterocycles. The van der Waals surface area contributed by atoms with E-state index in [2.05, 4.69) is 29.8 Å². The van der Waals surface area contributed by atoms with Gasteiger partial charge in [0.25, 0.3) is 0 Å². The molecule has 3 atom stereocenters. The molecule has 0 saturated carbocycles. The Morgan fingerprint density at radius 1 is 1.16 bits per heavy atom. The zero-order valence-electron chi connectivity index (χ0n) is 18.2. The van der Waals surface area contributed by atoms with Crippen LogP contribution < -0.4 is 0 Å². The number of likely N-dealkylation sites (tertiary alicyclic amines) is 1. The Labute approximate surface area is 198 Å². The van der Waals surface area contributed by atoms with E-state index in [-0.39, 0.29) is 23.4 Å². The maximum absolute atomic E-state index is 13.3. The number of hydrogen-bond acceptors (Lipinski definition) is 4. The Hall–Kier alpha value is -1.79. The molecule has 2 aromatic rings. The number of fused-ring (bicyclic) bond motifs is 2. The third kappa shape index (κ3) is 3.69. The van der Waals surface area contributed by atoms with Crippen LogP contribution in [0.15, 0.2) is 53.8 Å². The first-order chi connectivity index (χ1) is 15.3. The normalized spacial score (nSPS) is 27.9. The molecular weight excluding hydrogens is 448 g/mol. The van der Waals surface area contributed by atoms with Crippen molar-refractivity contribution >= 4 is 28.9 Å². The molecule has 32 heavy (non-hydrogen) atoms. The van der Waals surface area contributed by atoms with Gasteiger partial charge in [0.2, 0.25) is 0 Å². The lowest BCUT2D eigenvalue weighted by Gasteiger charge is -2.42. The van der Waals surface area contributed by atoms with Gasteiger partial charge in [-0.25, -0.2) is 4.39 Å². The lowest BCUT2D eigenvalue weighted by molar-refractivity contribution is -0.0762. The summed E-state index contributed by atoms with van der Waals surface area (Å²) in [6.45, 7) is 6.06. The second kappa shape index (κ2) is 8.21. The minimum atomic E-state index is -0.411. The van der Waals surface area contributed by atoms with Gasteiger partial charge in [0, 0.05) is 40.8 Å². The van der Waals surface area contributed by atoms with Gasteiger partial charge in [-0.1, -0.05) is 36.2 Å². The van der Waals surface area contributed by atoms with Crippen molar-refractivity contribution in [3.05, 3.63) is 75.9 Å². The number of hydrogen-bond donors (Lipinski definition) is 0. The summed E-state index contributed by atoms with van der Waals surface area (Å²) in [5, 5.41) is 1.22. The molecule has 3 unspecified atom stereocenters. The molecule has 7 heteroatoms. The SMILES string of the molecule is CC(c1ccc(F)cn1)N1CCC2(CC1)OC(c1cc(Cl)cc(Cl)c1)C1(C)CC=CN=C21. The molecule has 5 rings (SSSR count). The number of aliphatic imine (C=N–C) groups is 1. The molecular formula is C25H26Cl2FN3O. The van der Waals surface area contributed by atoms with E-state index in [1.165, 1.54) is 12.3 Å². The smallest absolute Gasteiger partial charge is 0.141 e. The molecule has 1 aromatic carbocycles. The van der Waals surface area contributed by atoms with Crippen LogP contribution in [0.5, 0.6) is 0 Å². The standard InChI is InChI=1S/C25H26Cl2FN3O/c1-16(21-5-4-20(28)15-30-21)31-10-7-25(8-11-31)23-24(2,6-3-9-29-23)22(32-25)17-12-18(26)14-19(27)13-17/h3-5,9,12-16,22H,6-8,10-11H2,1-2H3. The van der Waals surface area contributed by atoms with Crippen LogP contribution in [0.3, 0.4) is 0 Å². The third-order valence-electron chi connectivity index (χ3n) is 7.26. The highest BCUT2D eigenvalue weighted by Crippen LogP contribution is 2.57. The molecule has 1 spiro atoms. The van der Waals surface area contributed by atoms with Crippen LogP contribution in [-0.4, -0.2) is 34.3 Å². The van der Waals surface area contributed by atoms with Crippen LogP contribution in [-0.2, 0) is 4.74 Å². The monoisotopic (exact) mass is 473 g/mol. The maximum atomic E-state index is 13.3. The van der Waals surface area contributed by atoms with Crippen molar-refractivity contribution in [2.75, 3.05) is 13.1 Å². The van der Waals surface area contributed by atoms with Crippen LogP contribution in [0.25, 0.3) is 0 Å². The lowest BCUT2D eigenvalue weighted by atomic mass is 9.69. The van der Waals surface area contributed by atoms with Crippen LogP contribution in [0.4, 0.5) is 4.39 Å². The largest absolute Gasteiger partial charge is 0.360 e. The quantitative estimate of drug-likeness (QED) is 0.506. The number of allylic oxidation sites excluding steroid dienone is 1. The molecule has 0 radical (unpaired) electrons. The molecule has 2 saturated heterocycles. The summed E-state index contributed by atoms with van der Waals surface area (Å²) in [7, 11) is 0. The summed E-state index contributed by atoms with van der Waals surface area (Å²) in [6, 6.07) is 9.00. The van der Waals surface area contributed by atoms with Crippen molar-refractivity contribution in [2.45, 2.75) is 50.9 Å². The van der Waals surface area contributed by atoms with Gasteiger partial charge in [0.1, 0.15) is 11.4 Å². The van der Waals surface area contributed by atoms with Gasteiger partial charge in [-0.2, -0.15) is 0 Å². The number of ether oxygens (including phenoxy) is 1. The fourth-order valence-electron chi connectivity index (χ4n) is 5.56. The van der Waals surface area contributed by atoms with E-state index >= 15 is 0 Å². The highest BCUT2D eigenvalue weighted by molar-refractivity contribution is 6.34. The topological polar surface area (TPSA) is 37.7 Å². The zero-order valence-corrected chi connectivity index (χ0v) is 19.7. The van der Waals surface area contributed by atoms with E-state index < -0.39 is 5.60 Å². The summed E-state index contributed by atoms with van der Waals surface area (Å²) in [4.78, 5) is 11.5. The van der Waals surface area contributed by atoms with Crippen molar-refractivity contribution in [2.24, 2.45) is 10.4 Å². The van der Waals surface area contributed by atoms with Gasteiger partial charge < -0.3 is 4.74 Å². The van der Waals surface area contributed by atoms with Crippen molar-refractivity contribution in [1.29, 1.82) is 0 Å². The number of benzene rings is 1. The minimum absolute atomic E-state index is 0.108. The lowest BCUT2D eigenvalue weighted by Crippen LogP contribution is -2.50. The zero-order chi connectivity index (χ0) is 22.5. The second-order valence-electron chi connectivity index (χ2n) is 9.29. The van der Waals surface area contributed by atoms with E-state index in [9.17, 15) is 4.39 Å². The highest BCUT2D eigenvalue weighted by atomic mass is 35.5. The number of piperidine rings is 1. The van der Waals surface area contributed by atoms with Crippen LogP contribution in [0.2, 0.25) is 10.0 Å². The summed E-state index contributed by atoms with van der Waals surface area (Å²) in [5.41, 5.74) is 2.35. The van der Waals surface area contributed by atoms with Crippen molar-refractivity contribution in [3.8, 4) is 0 Å². The average Bonchev–Trinajstić information content (AvgIpc) is 3.02. The van der Waals surface area contributed by atoms with E-state index in [0.29, 0.717) is 10.0 Å². The summed E-state index contributed by atoms with van der Waals surface area (Å²) >= 11 is 12.7. The second-order valence-corrected chi connectivity index (χ2v) is 10.2. The molecule has 0 N–H and O–H groups in total. The number of aromatic nitrogens is 1. The third-order valence-corrected chi connectivity index (χ3v) is 7.70. The molecule has 168 valence electrons. The fraction of sp³-hybridized carbons (Fsp3) is 0.440. The minimum Gasteiger partial charge on any atom is -0.360 e. The number of rotatable bonds is 3. The molecule has 0 amide bonds. The Balaban J connectivity index is 1.42. The van der Waals surface area contributed by atoms with Gasteiger partial charge in [-0.05, 0) is 62.1 Å².